The lowest BCUT2D eigenvalue weighted by Crippen LogP contribution is -2.58. The third-order valence-corrected chi connectivity index (χ3v) is 6.77. The Morgan fingerprint density at radius 2 is 1.94 bits per heavy atom. The fourth-order valence-corrected chi connectivity index (χ4v) is 4.72. The summed E-state index contributed by atoms with van der Waals surface area (Å²) in [6, 6.07) is 7.31. The van der Waals surface area contributed by atoms with Crippen LogP contribution in [0.15, 0.2) is 36.7 Å². The van der Waals surface area contributed by atoms with Crippen LogP contribution in [0.2, 0.25) is 5.02 Å². The van der Waals surface area contributed by atoms with Crippen molar-refractivity contribution in [3.63, 3.8) is 0 Å². The lowest BCUT2D eigenvalue weighted by atomic mass is 9.96. The average Bonchev–Trinajstić information content (AvgIpc) is 3.26. The second-order valence-corrected chi connectivity index (χ2v) is 9.89. The molecule has 1 aromatic heterocycles. The van der Waals surface area contributed by atoms with E-state index < -0.39 is 5.60 Å². The molecule has 2 aliphatic rings. The number of aryl methyl sites for hydroxylation is 1. The van der Waals surface area contributed by atoms with Crippen molar-refractivity contribution in [3.8, 4) is 5.75 Å². The number of amides is 1. The van der Waals surface area contributed by atoms with Crippen molar-refractivity contribution >= 4 is 17.5 Å². The highest BCUT2D eigenvalue weighted by Crippen LogP contribution is 2.27. The van der Waals surface area contributed by atoms with Gasteiger partial charge in [-0.2, -0.15) is 5.10 Å². The summed E-state index contributed by atoms with van der Waals surface area (Å²) >= 11 is 6.02. The highest BCUT2D eigenvalue weighted by molar-refractivity contribution is 6.30. The second kappa shape index (κ2) is 11.5. The molecule has 0 spiro atoms. The summed E-state index contributed by atoms with van der Waals surface area (Å²) in [7, 11) is 2.09. The van der Waals surface area contributed by atoms with Gasteiger partial charge in [0.25, 0.3) is 0 Å². The smallest absolute Gasteiger partial charge is 0.225 e. The monoisotopic (exact) mass is 489 g/mol. The lowest BCUT2D eigenvalue weighted by Gasteiger charge is -2.43. The first-order chi connectivity index (χ1) is 16.4. The number of carbonyl (C=O) groups is 1. The van der Waals surface area contributed by atoms with E-state index in [0.717, 1.165) is 58.0 Å². The molecule has 2 saturated heterocycles. The van der Waals surface area contributed by atoms with Crippen molar-refractivity contribution in [2.45, 2.75) is 38.5 Å². The van der Waals surface area contributed by atoms with Crippen molar-refractivity contribution < 1.29 is 14.3 Å². The molecule has 2 fully saturated rings. The van der Waals surface area contributed by atoms with Gasteiger partial charge in [-0.15, -0.1) is 0 Å². The zero-order valence-electron chi connectivity index (χ0n) is 20.3. The van der Waals surface area contributed by atoms with Crippen LogP contribution in [-0.4, -0.2) is 95.5 Å². The fourth-order valence-electron chi connectivity index (χ4n) is 4.59. The quantitative estimate of drug-likeness (QED) is 0.539. The standard InChI is InChI=1S/C25H36ClN5O3/c1-3-8-31-18-21(16-27-31)17-29-13-14-34-25(19-29,20-33-23-6-4-22(26)5-7-23)15-24(32)30-11-9-28(2)10-12-30/h4-7,16,18H,3,8-15,17,19-20H2,1-2H3. The van der Waals surface area contributed by atoms with Gasteiger partial charge in [-0.05, 0) is 37.7 Å². The van der Waals surface area contributed by atoms with E-state index in [2.05, 4.69) is 35.1 Å². The van der Waals surface area contributed by atoms with Crippen molar-refractivity contribution in [1.82, 2.24) is 24.5 Å². The minimum atomic E-state index is -0.711. The van der Waals surface area contributed by atoms with Gasteiger partial charge in [0.2, 0.25) is 5.91 Å². The van der Waals surface area contributed by atoms with E-state index in [4.69, 9.17) is 21.1 Å². The van der Waals surface area contributed by atoms with E-state index in [0.29, 0.717) is 31.2 Å². The number of carbonyl (C=O) groups excluding carboxylic acids is 1. The van der Waals surface area contributed by atoms with Crippen molar-refractivity contribution in [2.75, 3.05) is 59.5 Å². The van der Waals surface area contributed by atoms with Gasteiger partial charge >= 0.3 is 0 Å². The van der Waals surface area contributed by atoms with Gasteiger partial charge < -0.3 is 19.3 Å². The molecule has 9 heteroatoms. The number of hydrogen-bond donors (Lipinski definition) is 0. The van der Waals surface area contributed by atoms with Gasteiger partial charge in [-0.3, -0.25) is 14.4 Å². The molecule has 3 heterocycles. The molecule has 1 amide bonds. The predicted octanol–water partition coefficient (Wildman–Crippen LogP) is 2.76. The summed E-state index contributed by atoms with van der Waals surface area (Å²) in [6.07, 6.45) is 5.40. The summed E-state index contributed by atoms with van der Waals surface area (Å²) in [5.74, 6) is 0.850. The summed E-state index contributed by atoms with van der Waals surface area (Å²) in [5.41, 5.74) is 0.464. The number of likely N-dealkylation sites (N-methyl/N-ethyl adjacent to an activating group) is 1. The Bertz CT molecular complexity index is 929. The van der Waals surface area contributed by atoms with E-state index in [9.17, 15) is 4.79 Å². The number of ether oxygens (including phenoxy) is 2. The molecule has 1 unspecified atom stereocenters. The van der Waals surface area contributed by atoms with Crippen molar-refractivity contribution in [2.24, 2.45) is 0 Å². The van der Waals surface area contributed by atoms with E-state index in [1.807, 2.05) is 27.9 Å². The maximum atomic E-state index is 13.3. The topological polar surface area (TPSA) is 63.1 Å². The Morgan fingerprint density at radius 1 is 1.18 bits per heavy atom. The molecular formula is C25H36ClN5O3. The molecular weight excluding hydrogens is 454 g/mol. The van der Waals surface area contributed by atoms with Gasteiger partial charge in [0.05, 0.1) is 19.2 Å². The molecule has 0 aliphatic carbocycles. The lowest BCUT2D eigenvalue weighted by molar-refractivity contribution is -0.157. The predicted molar refractivity (Wildman–Crippen MR) is 132 cm³/mol. The number of halogens is 1. The van der Waals surface area contributed by atoms with Gasteiger partial charge in [-0.1, -0.05) is 18.5 Å². The fraction of sp³-hybridized carbons (Fsp3) is 0.600. The van der Waals surface area contributed by atoms with Crippen LogP contribution in [-0.2, 0) is 22.6 Å². The SMILES string of the molecule is CCCn1cc(CN2CCOC(COc3ccc(Cl)cc3)(CC(=O)N3CCN(C)CC3)C2)cn1. The van der Waals surface area contributed by atoms with Crippen LogP contribution in [0.5, 0.6) is 5.75 Å². The molecule has 4 rings (SSSR count). The van der Waals surface area contributed by atoms with Crippen LogP contribution in [0.25, 0.3) is 0 Å². The van der Waals surface area contributed by atoms with Crippen LogP contribution < -0.4 is 4.74 Å². The Labute approximate surface area is 207 Å². The average molecular weight is 490 g/mol. The molecule has 0 saturated carbocycles. The van der Waals surface area contributed by atoms with Crippen molar-refractivity contribution in [1.29, 1.82) is 0 Å². The molecule has 0 bridgehead atoms. The van der Waals surface area contributed by atoms with Gasteiger partial charge in [0.15, 0.2) is 0 Å². The van der Waals surface area contributed by atoms with E-state index in [-0.39, 0.29) is 5.91 Å². The Morgan fingerprint density at radius 3 is 2.68 bits per heavy atom. The molecule has 1 aromatic carbocycles. The highest BCUT2D eigenvalue weighted by Gasteiger charge is 2.41. The summed E-state index contributed by atoms with van der Waals surface area (Å²) in [5, 5.41) is 5.13. The number of piperazine rings is 1. The molecule has 2 aromatic rings. The minimum absolute atomic E-state index is 0.130. The van der Waals surface area contributed by atoms with E-state index in [1.54, 1.807) is 12.1 Å². The van der Waals surface area contributed by atoms with Crippen LogP contribution in [0.4, 0.5) is 0 Å². The minimum Gasteiger partial charge on any atom is -0.491 e. The first kappa shape index (κ1) is 25.0. The molecule has 8 nitrogen and oxygen atoms in total. The summed E-state index contributed by atoms with van der Waals surface area (Å²) < 4.78 is 14.5. The Hall–Kier alpha value is -2.13. The Kier molecular flexibility index (Phi) is 8.47. The molecule has 1 atom stereocenters. The highest BCUT2D eigenvalue weighted by atomic mass is 35.5. The third-order valence-electron chi connectivity index (χ3n) is 6.52. The largest absolute Gasteiger partial charge is 0.491 e. The zero-order valence-corrected chi connectivity index (χ0v) is 21.0. The maximum absolute atomic E-state index is 13.3. The number of aromatic nitrogens is 2. The molecule has 0 N–H and O–H groups in total. The maximum Gasteiger partial charge on any atom is 0.225 e. The molecule has 2 aliphatic heterocycles. The van der Waals surface area contributed by atoms with Crippen molar-refractivity contribution in [3.05, 3.63) is 47.2 Å². The first-order valence-electron chi connectivity index (χ1n) is 12.2. The summed E-state index contributed by atoms with van der Waals surface area (Å²) in [6.45, 7) is 9.44. The summed E-state index contributed by atoms with van der Waals surface area (Å²) in [4.78, 5) is 19.9. The zero-order chi connectivity index (χ0) is 24.0. The van der Waals surface area contributed by atoms with E-state index in [1.165, 1.54) is 5.56 Å². The van der Waals surface area contributed by atoms with Gasteiger partial charge in [0, 0.05) is 69.1 Å². The number of benzene rings is 1. The number of morpholine rings is 1. The van der Waals surface area contributed by atoms with Crippen LogP contribution in [0.1, 0.15) is 25.3 Å². The number of nitrogens with zero attached hydrogens (tertiary/aromatic N) is 5. The molecule has 186 valence electrons. The Balaban J connectivity index is 1.45. The first-order valence-corrected chi connectivity index (χ1v) is 12.5. The van der Waals surface area contributed by atoms with Gasteiger partial charge in [-0.25, -0.2) is 0 Å². The van der Waals surface area contributed by atoms with Gasteiger partial charge in [0.1, 0.15) is 18.0 Å². The molecule has 0 radical (unpaired) electrons. The van der Waals surface area contributed by atoms with Crippen LogP contribution in [0.3, 0.4) is 0 Å². The molecule has 34 heavy (non-hydrogen) atoms. The second-order valence-electron chi connectivity index (χ2n) is 9.46. The third kappa shape index (κ3) is 6.72. The number of hydrogen-bond acceptors (Lipinski definition) is 6. The van der Waals surface area contributed by atoms with E-state index >= 15 is 0 Å². The van der Waals surface area contributed by atoms with Crippen LogP contribution in [0, 0.1) is 0 Å². The normalized spacial score (nSPS) is 22.1. The number of rotatable bonds is 9. The van der Waals surface area contributed by atoms with Crippen LogP contribution >= 0.6 is 11.6 Å².